The van der Waals surface area contributed by atoms with Gasteiger partial charge < -0.3 is 14.8 Å². The van der Waals surface area contributed by atoms with Crippen LogP contribution in [0.4, 0.5) is 14.5 Å². The van der Waals surface area contributed by atoms with Gasteiger partial charge in [-0.15, -0.1) is 8.78 Å². The Balaban J connectivity index is 2.17. The third kappa shape index (κ3) is 2.46. The summed E-state index contributed by atoms with van der Waals surface area (Å²) in [5, 5.41) is 2.58. The second kappa shape index (κ2) is 3.87. The van der Waals surface area contributed by atoms with Gasteiger partial charge in [-0.25, -0.2) is 0 Å². The van der Waals surface area contributed by atoms with E-state index in [9.17, 15) is 13.6 Å². The Kier molecular flexibility index (Phi) is 2.65. The lowest BCUT2D eigenvalue weighted by atomic mass is 10.2. The number of anilines is 1. The first-order valence-electron chi connectivity index (χ1n) is 5.08. The smallest absolute Gasteiger partial charge is 0.395 e. The molecule has 0 bridgehead atoms. The number of rotatable bonds is 2. The van der Waals surface area contributed by atoms with Gasteiger partial charge >= 0.3 is 6.29 Å². The van der Waals surface area contributed by atoms with Gasteiger partial charge in [0, 0.05) is 17.7 Å². The molecule has 6 heteroatoms. The summed E-state index contributed by atoms with van der Waals surface area (Å²) in [6.07, 6.45) is -3.64. The number of nitrogens with one attached hydrogen (secondary N) is 1. The molecule has 0 atom stereocenters. The largest absolute Gasteiger partial charge is 0.586 e. The number of hydrogen-bond acceptors (Lipinski definition) is 3. The van der Waals surface area contributed by atoms with E-state index in [1.807, 2.05) is 0 Å². The van der Waals surface area contributed by atoms with Crippen LogP contribution in [0.1, 0.15) is 13.8 Å². The fraction of sp³-hybridized carbons (Fsp3) is 0.364. The van der Waals surface area contributed by atoms with E-state index >= 15 is 0 Å². The molecule has 0 unspecified atom stereocenters. The van der Waals surface area contributed by atoms with Crippen LogP contribution in [0.15, 0.2) is 18.2 Å². The predicted molar refractivity (Wildman–Crippen MR) is 56.1 cm³/mol. The Hall–Kier alpha value is -1.85. The molecule has 0 fully saturated rings. The Labute approximate surface area is 96.5 Å². The molecule has 0 radical (unpaired) electrons. The first kappa shape index (κ1) is 11.6. The molecule has 1 aromatic carbocycles. The third-order valence-corrected chi connectivity index (χ3v) is 2.19. The minimum Gasteiger partial charge on any atom is -0.395 e. The number of carbonyl (C=O) groups excluding carboxylic acids is 1. The fourth-order valence-electron chi connectivity index (χ4n) is 1.31. The quantitative estimate of drug-likeness (QED) is 0.868. The number of fused-ring (bicyclic) bond motifs is 1. The van der Waals surface area contributed by atoms with E-state index in [1.165, 1.54) is 18.2 Å². The van der Waals surface area contributed by atoms with Crippen molar-refractivity contribution >= 4 is 11.6 Å². The molecule has 0 spiro atoms. The Morgan fingerprint density at radius 2 is 1.94 bits per heavy atom. The van der Waals surface area contributed by atoms with Gasteiger partial charge in [-0.2, -0.15) is 0 Å². The predicted octanol–water partition coefficient (Wildman–Crippen LogP) is 2.60. The minimum absolute atomic E-state index is 0.0439. The molecule has 0 aliphatic carbocycles. The molecular weight excluding hydrogens is 232 g/mol. The fourth-order valence-corrected chi connectivity index (χ4v) is 1.31. The number of halogens is 2. The zero-order valence-electron chi connectivity index (χ0n) is 9.29. The second-order valence-corrected chi connectivity index (χ2v) is 3.97. The van der Waals surface area contributed by atoms with Crippen LogP contribution in [0.3, 0.4) is 0 Å². The highest BCUT2D eigenvalue weighted by Gasteiger charge is 2.43. The van der Waals surface area contributed by atoms with Gasteiger partial charge in [-0.05, 0) is 12.1 Å². The van der Waals surface area contributed by atoms with Crippen molar-refractivity contribution in [1.29, 1.82) is 0 Å². The molecule has 1 aliphatic rings. The standard InChI is InChI=1S/C11H11F2NO3/c1-6(2)10(15)14-7-3-4-8-9(5-7)17-11(12,13)16-8/h3-6H,1-2H3,(H,14,15). The Morgan fingerprint density at radius 1 is 1.29 bits per heavy atom. The molecule has 0 saturated carbocycles. The topological polar surface area (TPSA) is 47.6 Å². The van der Waals surface area contributed by atoms with Crippen LogP contribution in [0, 0.1) is 5.92 Å². The first-order chi connectivity index (χ1) is 7.87. The molecule has 92 valence electrons. The van der Waals surface area contributed by atoms with Crippen LogP contribution in [0.5, 0.6) is 11.5 Å². The maximum Gasteiger partial charge on any atom is 0.586 e. The van der Waals surface area contributed by atoms with Crippen LogP contribution < -0.4 is 14.8 Å². The van der Waals surface area contributed by atoms with Crippen LogP contribution in [-0.2, 0) is 4.79 Å². The van der Waals surface area contributed by atoms with Crippen LogP contribution in [-0.4, -0.2) is 12.2 Å². The lowest BCUT2D eigenvalue weighted by molar-refractivity contribution is -0.286. The Bertz CT molecular complexity index is 460. The summed E-state index contributed by atoms with van der Waals surface area (Å²) in [6.45, 7) is 3.47. The molecule has 4 nitrogen and oxygen atoms in total. The average Bonchev–Trinajstić information content (AvgIpc) is 2.50. The maximum absolute atomic E-state index is 12.7. The summed E-state index contributed by atoms with van der Waals surface area (Å²) in [7, 11) is 0. The number of amides is 1. The third-order valence-electron chi connectivity index (χ3n) is 2.19. The van der Waals surface area contributed by atoms with Crippen molar-refractivity contribution < 1.29 is 23.0 Å². The van der Waals surface area contributed by atoms with E-state index in [2.05, 4.69) is 14.8 Å². The van der Waals surface area contributed by atoms with E-state index in [1.54, 1.807) is 13.8 Å². The van der Waals surface area contributed by atoms with Gasteiger partial charge in [0.15, 0.2) is 11.5 Å². The monoisotopic (exact) mass is 243 g/mol. The highest BCUT2D eigenvalue weighted by atomic mass is 19.3. The minimum atomic E-state index is -3.64. The van der Waals surface area contributed by atoms with Gasteiger partial charge in [-0.3, -0.25) is 4.79 Å². The van der Waals surface area contributed by atoms with Crippen LogP contribution in [0.25, 0.3) is 0 Å². The molecule has 1 aliphatic heterocycles. The number of ether oxygens (including phenoxy) is 2. The van der Waals surface area contributed by atoms with E-state index in [0.717, 1.165) is 0 Å². The summed E-state index contributed by atoms with van der Waals surface area (Å²) in [6, 6.07) is 4.10. The van der Waals surface area contributed by atoms with Crippen molar-refractivity contribution in [2.75, 3.05) is 5.32 Å². The molecule has 1 aromatic rings. The molecule has 1 heterocycles. The van der Waals surface area contributed by atoms with E-state index in [4.69, 9.17) is 0 Å². The molecule has 1 N–H and O–H groups in total. The van der Waals surface area contributed by atoms with Crippen LogP contribution >= 0.6 is 0 Å². The summed E-state index contributed by atoms with van der Waals surface area (Å²) in [5.41, 5.74) is 0.392. The second-order valence-electron chi connectivity index (χ2n) is 3.97. The SMILES string of the molecule is CC(C)C(=O)Nc1ccc2c(c1)OC(F)(F)O2. The zero-order valence-corrected chi connectivity index (χ0v) is 9.29. The van der Waals surface area contributed by atoms with Crippen molar-refractivity contribution in [2.24, 2.45) is 5.92 Å². The van der Waals surface area contributed by atoms with Gasteiger partial charge in [0.2, 0.25) is 5.91 Å². The van der Waals surface area contributed by atoms with Crippen molar-refractivity contribution in [3.8, 4) is 11.5 Å². The van der Waals surface area contributed by atoms with Crippen molar-refractivity contribution in [1.82, 2.24) is 0 Å². The lowest BCUT2D eigenvalue weighted by Crippen LogP contribution is -2.25. The normalized spacial score (nSPS) is 16.1. The summed E-state index contributed by atoms with van der Waals surface area (Å²) in [4.78, 5) is 11.4. The zero-order chi connectivity index (χ0) is 12.6. The van der Waals surface area contributed by atoms with Gasteiger partial charge in [-0.1, -0.05) is 13.8 Å². The van der Waals surface area contributed by atoms with Crippen molar-refractivity contribution in [3.05, 3.63) is 18.2 Å². The number of hydrogen-bond donors (Lipinski definition) is 1. The summed E-state index contributed by atoms with van der Waals surface area (Å²) in [5.74, 6) is -0.522. The molecule has 0 saturated heterocycles. The molecular formula is C11H11F2NO3. The lowest BCUT2D eigenvalue weighted by Gasteiger charge is -2.07. The van der Waals surface area contributed by atoms with E-state index < -0.39 is 6.29 Å². The number of benzene rings is 1. The molecule has 1 amide bonds. The van der Waals surface area contributed by atoms with E-state index in [0.29, 0.717) is 5.69 Å². The maximum atomic E-state index is 12.7. The van der Waals surface area contributed by atoms with Gasteiger partial charge in [0.05, 0.1) is 0 Å². The number of carbonyl (C=O) groups is 1. The number of alkyl halides is 2. The van der Waals surface area contributed by atoms with Crippen molar-refractivity contribution in [2.45, 2.75) is 20.1 Å². The summed E-state index contributed by atoms with van der Waals surface area (Å²) >= 11 is 0. The first-order valence-corrected chi connectivity index (χ1v) is 5.08. The Morgan fingerprint density at radius 3 is 2.59 bits per heavy atom. The molecule has 2 rings (SSSR count). The molecule has 17 heavy (non-hydrogen) atoms. The van der Waals surface area contributed by atoms with Crippen molar-refractivity contribution in [3.63, 3.8) is 0 Å². The molecule has 0 aromatic heterocycles. The van der Waals surface area contributed by atoms with Gasteiger partial charge in [0.1, 0.15) is 0 Å². The van der Waals surface area contributed by atoms with Crippen LogP contribution in [0.2, 0.25) is 0 Å². The van der Waals surface area contributed by atoms with Gasteiger partial charge in [0.25, 0.3) is 0 Å². The van der Waals surface area contributed by atoms with E-state index in [-0.39, 0.29) is 23.3 Å². The highest BCUT2D eigenvalue weighted by molar-refractivity contribution is 5.92. The summed E-state index contributed by atoms with van der Waals surface area (Å²) < 4.78 is 34.0. The highest BCUT2D eigenvalue weighted by Crippen LogP contribution is 2.42. The average molecular weight is 243 g/mol.